The van der Waals surface area contributed by atoms with Crippen LogP contribution in [-0.4, -0.2) is 15.9 Å². The minimum atomic E-state index is -0.155. The Morgan fingerprint density at radius 2 is 2.11 bits per heavy atom. The van der Waals surface area contributed by atoms with E-state index in [0.29, 0.717) is 11.3 Å². The Kier molecular flexibility index (Phi) is 3.05. The van der Waals surface area contributed by atoms with Gasteiger partial charge in [0.2, 0.25) is 0 Å². The summed E-state index contributed by atoms with van der Waals surface area (Å²) in [6.07, 6.45) is 3.43. The van der Waals surface area contributed by atoms with Crippen molar-refractivity contribution in [1.29, 1.82) is 0 Å². The van der Waals surface area contributed by atoms with Crippen molar-refractivity contribution in [2.75, 3.05) is 5.32 Å². The first kappa shape index (κ1) is 11.9. The van der Waals surface area contributed by atoms with Crippen molar-refractivity contribution < 1.29 is 4.79 Å². The summed E-state index contributed by atoms with van der Waals surface area (Å²) in [5.41, 5.74) is 2.12. The van der Waals surface area contributed by atoms with Crippen molar-refractivity contribution in [2.45, 2.75) is 0 Å². The third-order valence-electron chi connectivity index (χ3n) is 2.82. The standard InChI is InChI=1S/C14H10BrN3O/c15-12-5-4-10(8-17-12)18-14(19)11-3-1-2-9-6-7-16-13(9)11/h1-8,16H,(H,18,19). The van der Waals surface area contributed by atoms with Gasteiger partial charge < -0.3 is 10.3 Å². The average molecular weight is 316 g/mol. The number of pyridine rings is 1. The van der Waals surface area contributed by atoms with E-state index in [1.54, 1.807) is 24.4 Å². The Labute approximate surface area is 118 Å². The predicted octanol–water partition coefficient (Wildman–Crippen LogP) is 3.58. The first-order chi connectivity index (χ1) is 9.24. The Balaban J connectivity index is 1.92. The van der Waals surface area contributed by atoms with Gasteiger partial charge in [-0.3, -0.25) is 4.79 Å². The van der Waals surface area contributed by atoms with Crippen molar-refractivity contribution in [2.24, 2.45) is 0 Å². The molecule has 4 nitrogen and oxygen atoms in total. The maximum Gasteiger partial charge on any atom is 0.257 e. The number of amides is 1. The zero-order valence-corrected chi connectivity index (χ0v) is 11.4. The Bertz CT molecular complexity index is 734. The lowest BCUT2D eigenvalue weighted by Crippen LogP contribution is -2.12. The van der Waals surface area contributed by atoms with E-state index in [-0.39, 0.29) is 5.91 Å². The van der Waals surface area contributed by atoms with Gasteiger partial charge in [0.25, 0.3) is 5.91 Å². The number of aromatic amines is 1. The van der Waals surface area contributed by atoms with Crippen molar-refractivity contribution in [1.82, 2.24) is 9.97 Å². The second-order valence-electron chi connectivity index (χ2n) is 4.07. The van der Waals surface area contributed by atoms with Gasteiger partial charge in [-0.2, -0.15) is 0 Å². The highest BCUT2D eigenvalue weighted by Crippen LogP contribution is 2.18. The maximum atomic E-state index is 12.2. The normalized spacial score (nSPS) is 10.6. The lowest BCUT2D eigenvalue weighted by molar-refractivity contribution is 0.102. The number of fused-ring (bicyclic) bond motifs is 1. The van der Waals surface area contributed by atoms with Gasteiger partial charge in [-0.05, 0) is 40.2 Å². The number of nitrogens with zero attached hydrogens (tertiary/aromatic N) is 1. The molecule has 0 unspecified atom stereocenters. The van der Waals surface area contributed by atoms with Crippen LogP contribution in [0.1, 0.15) is 10.4 Å². The van der Waals surface area contributed by atoms with E-state index in [1.807, 2.05) is 24.4 Å². The van der Waals surface area contributed by atoms with Crippen LogP contribution in [-0.2, 0) is 0 Å². The van der Waals surface area contributed by atoms with E-state index in [1.165, 1.54) is 0 Å². The molecule has 19 heavy (non-hydrogen) atoms. The first-order valence-electron chi connectivity index (χ1n) is 5.73. The summed E-state index contributed by atoms with van der Waals surface area (Å²) < 4.78 is 0.733. The molecule has 0 aliphatic heterocycles. The van der Waals surface area contributed by atoms with E-state index in [9.17, 15) is 4.79 Å². The summed E-state index contributed by atoms with van der Waals surface area (Å²) in [6.45, 7) is 0. The fraction of sp³-hybridized carbons (Fsp3) is 0. The molecule has 1 amide bonds. The van der Waals surface area contributed by atoms with Crippen LogP contribution in [0.3, 0.4) is 0 Å². The second kappa shape index (κ2) is 4.85. The number of hydrogen-bond donors (Lipinski definition) is 2. The van der Waals surface area contributed by atoms with Crippen LogP contribution in [0, 0.1) is 0 Å². The van der Waals surface area contributed by atoms with Crippen molar-refractivity contribution in [3.8, 4) is 0 Å². The largest absolute Gasteiger partial charge is 0.361 e. The van der Waals surface area contributed by atoms with E-state index < -0.39 is 0 Å². The second-order valence-corrected chi connectivity index (χ2v) is 4.88. The fourth-order valence-electron chi connectivity index (χ4n) is 1.92. The molecule has 0 spiro atoms. The molecular formula is C14H10BrN3O. The molecule has 0 saturated heterocycles. The zero-order valence-electron chi connectivity index (χ0n) is 9.85. The highest BCUT2D eigenvalue weighted by atomic mass is 79.9. The van der Waals surface area contributed by atoms with Crippen LogP contribution in [0.15, 0.2) is 53.4 Å². The lowest BCUT2D eigenvalue weighted by Gasteiger charge is -2.06. The van der Waals surface area contributed by atoms with Crippen LogP contribution in [0.2, 0.25) is 0 Å². The number of para-hydroxylation sites is 1. The Morgan fingerprint density at radius 3 is 2.89 bits per heavy atom. The molecular weight excluding hydrogens is 306 g/mol. The predicted molar refractivity (Wildman–Crippen MR) is 78.2 cm³/mol. The monoisotopic (exact) mass is 315 g/mol. The number of aromatic nitrogens is 2. The fourth-order valence-corrected chi connectivity index (χ4v) is 2.16. The molecule has 3 aromatic rings. The smallest absolute Gasteiger partial charge is 0.257 e. The number of carbonyl (C=O) groups is 1. The summed E-state index contributed by atoms with van der Waals surface area (Å²) in [6, 6.07) is 11.1. The average Bonchev–Trinajstić information content (AvgIpc) is 2.89. The molecule has 1 aromatic carbocycles. The number of hydrogen-bond acceptors (Lipinski definition) is 2. The summed E-state index contributed by atoms with van der Waals surface area (Å²) in [5, 5.41) is 3.84. The number of rotatable bonds is 2. The van der Waals surface area contributed by atoms with Crippen molar-refractivity contribution >= 4 is 38.4 Å². The SMILES string of the molecule is O=C(Nc1ccc(Br)nc1)c1cccc2cc[nH]c12. The Morgan fingerprint density at radius 1 is 1.21 bits per heavy atom. The van der Waals surface area contributed by atoms with Crippen LogP contribution in [0.25, 0.3) is 10.9 Å². The summed E-state index contributed by atoms with van der Waals surface area (Å²) in [7, 11) is 0. The molecule has 2 heterocycles. The molecule has 5 heteroatoms. The molecule has 0 aliphatic carbocycles. The molecule has 0 saturated carbocycles. The maximum absolute atomic E-state index is 12.2. The summed E-state index contributed by atoms with van der Waals surface area (Å²) in [4.78, 5) is 19.4. The number of benzene rings is 1. The highest BCUT2D eigenvalue weighted by Gasteiger charge is 2.10. The van der Waals surface area contributed by atoms with E-state index in [4.69, 9.17) is 0 Å². The topological polar surface area (TPSA) is 57.8 Å². The number of carbonyl (C=O) groups excluding carboxylic acids is 1. The van der Waals surface area contributed by atoms with Gasteiger partial charge in [0.1, 0.15) is 4.60 Å². The van der Waals surface area contributed by atoms with Gasteiger partial charge in [-0.1, -0.05) is 12.1 Å². The third-order valence-corrected chi connectivity index (χ3v) is 3.29. The highest BCUT2D eigenvalue weighted by molar-refractivity contribution is 9.10. The van der Waals surface area contributed by atoms with Gasteiger partial charge in [0.05, 0.1) is 23.0 Å². The van der Waals surface area contributed by atoms with Gasteiger partial charge in [-0.25, -0.2) is 4.98 Å². The lowest BCUT2D eigenvalue weighted by atomic mass is 10.1. The number of H-pyrrole nitrogens is 1. The van der Waals surface area contributed by atoms with E-state index in [0.717, 1.165) is 15.5 Å². The van der Waals surface area contributed by atoms with Crippen LogP contribution in [0.4, 0.5) is 5.69 Å². The summed E-state index contributed by atoms with van der Waals surface area (Å²) >= 11 is 3.26. The van der Waals surface area contributed by atoms with Crippen LogP contribution in [0.5, 0.6) is 0 Å². The minimum absolute atomic E-state index is 0.155. The number of anilines is 1. The van der Waals surface area contributed by atoms with Gasteiger partial charge in [0.15, 0.2) is 0 Å². The molecule has 94 valence electrons. The molecule has 2 N–H and O–H groups in total. The third kappa shape index (κ3) is 2.37. The van der Waals surface area contributed by atoms with E-state index in [2.05, 4.69) is 31.2 Å². The molecule has 0 aliphatic rings. The molecule has 0 radical (unpaired) electrons. The molecule has 2 aromatic heterocycles. The molecule has 0 bridgehead atoms. The molecule has 3 rings (SSSR count). The van der Waals surface area contributed by atoms with Gasteiger partial charge in [0, 0.05) is 11.6 Å². The van der Waals surface area contributed by atoms with Crippen molar-refractivity contribution in [3.63, 3.8) is 0 Å². The Hall–Kier alpha value is -2.14. The number of nitrogens with one attached hydrogen (secondary N) is 2. The molecule has 0 atom stereocenters. The quantitative estimate of drug-likeness (QED) is 0.710. The zero-order chi connectivity index (χ0) is 13.2. The van der Waals surface area contributed by atoms with Crippen molar-refractivity contribution in [3.05, 3.63) is 59.0 Å². The first-order valence-corrected chi connectivity index (χ1v) is 6.52. The van der Waals surface area contributed by atoms with Gasteiger partial charge in [-0.15, -0.1) is 0 Å². The minimum Gasteiger partial charge on any atom is -0.361 e. The van der Waals surface area contributed by atoms with Crippen LogP contribution >= 0.6 is 15.9 Å². The van der Waals surface area contributed by atoms with E-state index >= 15 is 0 Å². The van der Waals surface area contributed by atoms with Gasteiger partial charge >= 0.3 is 0 Å². The summed E-state index contributed by atoms with van der Waals surface area (Å²) in [5.74, 6) is -0.155. The van der Waals surface area contributed by atoms with Crippen LogP contribution < -0.4 is 5.32 Å². The number of halogens is 1. The molecule has 0 fully saturated rings.